The van der Waals surface area contributed by atoms with Crippen LogP contribution < -0.4 is 5.73 Å². The molecule has 0 saturated heterocycles. The van der Waals surface area contributed by atoms with Gasteiger partial charge >= 0.3 is 0 Å². The maximum Gasteiger partial charge on any atom is 0.155 e. The van der Waals surface area contributed by atoms with Gasteiger partial charge in [0, 0.05) is 13.2 Å². The predicted octanol–water partition coefficient (Wildman–Crippen LogP) is 0.870. The predicted molar refractivity (Wildman–Crippen MR) is 57.9 cm³/mol. The smallest absolute Gasteiger partial charge is 0.155 e. The van der Waals surface area contributed by atoms with Crippen molar-refractivity contribution in [3.8, 4) is 0 Å². The number of thiol groups is 1. The average Bonchev–Trinajstić information content (AvgIpc) is 2.16. The second-order valence-corrected chi connectivity index (χ2v) is 4.55. The summed E-state index contributed by atoms with van der Waals surface area (Å²) in [4.78, 5) is 0. The van der Waals surface area contributed by atoms with E-state index in [0.717, 1.165) is 6.42 Å². The highest BCUT2D eigenvalue weighted by molar-refractivity contribution is 7.73. The molecule has 86 valence electrons. The Bertz CT molecular complexity index is 186. The Morgan fingerprint density at radius 3 is 2.50 bits per heavy atom. The van der Waals surface area contributed by atoms with Crippen LogP contribution in [0.5, 0.6) is 0 Å². The van der Waals surface area contributed by atoms with Gasteiger partial charge in [-0.1, -0.05) is 26.2 Å². The lowest BCUT2D eigenvalue weighted by Gasteiger charge is -2.05. The molecule has 0 heterocycles. The summed E-state index contributed by atoms with van der Waals surface area (Å²) in [5.74, 6) is 0. The van der Waals surface area contributed by atoms with Crippen LogP contribution in [0.2, 0.25) is 0 Å². The molecule has 1 atom stereocenters. The average molecular weight is 223 g/mol. The van der Waals surface area contributed by atoms with E-state index in [1.165, 1.54) is 19.3 Å². The Morgan fingerprint density at radius 1 is 1.21 bits per heavy atom. The molecule has 0 spiro atoms. The fourth-order valence-corrected chi connectivity index (χ4v) is 1.36. The zero-order valence-corrected chi connectivity index (χ0v) is 9.67. The standard InChI is InChI=1S/C9H21NO3S/c1-2-3-4-5-7-13-8-6-9(10)14(11)12/h9,14H,2-8,10H2,1H3. The lowest BCUT2D eigenvalue weighted by molar-refractivity contribution is 0.127. The van der Waals surface area contributed by atoms with E-state index in [4.69, 9.17) is 10.5 Å². The number of hydrogen-bond acceptors (Lipinski definition) is 4. The summed E-state index contributed by atoms with van der Waals surface area (Å²) in [7, 11) is -2.49. The molecule has 0 aromatic carbocycles. The second-order valence-electron chi connectivity index (χ2n) is 3.31. The molecular formula is C9H21NO3S. The van der Waals surface area contributed by atoms with Gasteiger partial charge in [0.15, 0.2) is 10.7 Å². The molecule has 0 rings (SSSR count). The lowest BCUT2D eigenvalue weighted by atomic mass is 10.2. The quantitative estimate of drug-likeness (QED) is 0.449. The first-order valence-corrected chi connectivity index (χ1v) is 6.40. The first-order valence-electron chi connectivity index (χ1n) is 5.15. The first kappa shape index (κ1) is 13.9. The molecule has 0 aliphatic heterocycles. The molecule has 0 fully saturated rings. The third kappa shape index (κ3) is 8.47. The minimum Gasteiger partial charge on any atom is -0.381 e. The number of ether oxygens (including phenoxy) is 1. The van der Waals surface area contributed by atoms with Crippen LogP contribution in [-0.4, -0.2) is 27.0 Å². The van der Waals surface area contributed by atoms with Gasteiger partial charge in [-0.15, -0.1) is 0 Å². The molecule has 0 aromatic rings. The molecule has 5 heteroatoms. The Morgan fingerprint density at radius 2 is 1.93 bits per heavy atom. The van der Waals surface area contributed by atoms with Crippen molar-refractivity contribution >= 4 is 10.7 Å². The Kier molecular flexibility index (Phi) is 9.34. The summed E-state index contributed by atoms with van der Waals surface area (Å²) >= 11 is 0. The van der Waals surface area contributed by atoms with Gasteiger partial charge in [-0.25, -0.2) is 8.42 Å². The van der Waals surface area contributed by atoms with Crippen molar-refractivity contribution in [2.45, 2.75) is 44.4 Å². The molecule has 2 N–H and O–H groups in total. The minimum atomic E-state index is -2.49. The third-order valence-corrected chi connectivity index (χ3v) is 2.77. The van der Waals surface area contributed by atoms with Crippen LogP contribution in [0.25, 0.3) is 0 Å². The summed E-state index contributed by atoms with van der Waals surface area (Å²) in [6, 6.07) is 0. The molecule has 0 aromatic heterocycles. The van der Waals surface area contributed by atoms with Crippen LogP contribution in [0.1, 0.15) is 39.0 Å². The van der Waals surface area contributed by atoms with E-state index >= 15 is 0 Å². The van der Waals surface area contributed by atoms with Crippen LogP contribution >= 0.6 is 0 Å². The molecule has 1 unspecified atom stereocenters. The summed E-state index contributed by atoms with van der Waals surface area (Å²) in [6.45, 7) is 3.31. The van der Waals surface area contributed by atoms with Crippen molar-refractivity contribution in [2.24, 2.45) is 5.73 Å². The van der Waals surface area contributed by atoms with E-state index in [1.54, 1.807) is 0 Å². The number of unbranched alkanes of at least 4 members (excludes halogenated alkanes) is 3. The van der Waals surface area contributed by atoms with Gasteiger partial charge in [-0.3, -0.25) is 0 Å². The summed E-state index contributed by atoms with van der Waals surface area (Å²) in [5.41, 5.74) is 5.30. The SMILES string of the molecule is CCCCCCOCCC(N)[SH](=O)=O. The maximum absolute atomic E-state index is 10.4. The van der Waals surface area contributed by atoms with Crippen molar-refractivity contribution in [1.82, 2.24) is 0 Å². The van der Waals surface area contributed by atoms with E-state index in [2.05, 4.69) is 6.92 Å². The zero-order valence-electron chi connectivity index (χ0n) is 8.78. The van der Waals surface area contributed by atoms with Gasteiger partial charge in [-0.05, 0) is 12.8 Å². The van der Waals surface area contributed by atoms with Gasteiger partial charge in [0.05, 0.1) is 0 Å². The van der Waals surface area contributed by atoms with Gasteiger partial charge in [0.25, 0.3) is 0 Å². The van der Waals surface area contributed by atoms with Gasteiger partial charge in [-0.2, -0.15) is 0 Å². The van der Waals surface area contributed by atoms with Crippen molar-refractivity contribution in [3.05, 3.63) is 0 Å². The minimum absolute atomic E-state index is 0.395. The van der Waals surface area contributed by atoms with Crippen LogP contribution in [0.3, 0.4) is 0 Å². The van der Waals surface area contributed by atoms with E-state index in [0.29, 0.717) is 19.6 Å². The first-order chi connectivity index (χ1) is 6.68. The van der Waals surface area contributed by atoms with Crippen molar-refractivity contribution in [2.75, 3.05) is 13.2 Å². The second kappa shape index (κ2) is 9.43. The maximum atomic E-state index is 10.4. The Balaban J connectivity index is 3.13. The van der Waals surface area contributed by atoms with Crippen molar-refractivity contribution in [3.63, 3.8) is 0 Å². The summed E-state index contributed by atoms with van der Waals surface area (Å²) < 4.78 is 26.0. The molecule has 0 aliphatic carbocycles. The molecule has 0 radical (unpaired) electrons. The highest BCUT2D eigenvalue weighted by atomic mass is 32.2. The molecular weight excluding hydrogens is 202 g/mol. The summed E-state index contributed by atoms with van der Waals surface area (Å²) in [6.07, 6.45) is 5.06. The fourth-order valence-electron chi connectivity index (χ4n) is 1.04. The van der Waals surface area contributed by atoms with E-state index in [-0.39, 0.29) is 0 Å². The van der Waals surface area contributed by atoms with Crippen LogP contribution in [0.15, 0.2) is 0 Å². The zero-order chi connectivity index (χ0) is 10.8. The van der Waals surface area contributed by atoms with E-state index < -0.39 is 16.1 Å². The molecule has 0 amide bonds. The Labute approximate surface area is 87.8 Å². The largest absolute Gasteiger partial charge is 0.381 e. The highest BCUT2D eigenvalue weighted by Crippen LogP contribution is 1.99. The highest BCUT2D eigenvalue weighted by Gasteiger charge is 2.03. The number of hydrogen-bond donors (Lipinski definition) is 2. The van der Waals surface area contributed by atoms with E-state index in [9.17, 15) is 8.42 Å². The van der Waals surface area contributed by atoms with Gasteiger partial charge in [0.1, 0.15) is 5.37 Å². The molecule has 0 aliphatic rings. The van der Waals surface area contributed by atoms with Crippen LogP contribution in [0, 0.1) is 0 Å². The molecule has 0 bridgehead atoms. The van der Waals surface area contributed by atoms with Crippen molar-refractivity contribution < 1.29 is 13.2 Å². The molecule has 0 saturated carbocycles. The number of rotatable bonds is 9. The lowest BCUT2D eigenvalue weighted by Crippen LogP contribution is -2.23. The number of nitrogens with two attached hydrogens (primary N) is 1. The van der Waals surface area contributed by atoms with Crippen LogP contribution in [0.4, 0.5) is 0 Å². The molecule has 4 nitrogen and oxygen atoms in total. The van der Waals surface area contributed by atoms with Crippen molar-refractivity contribution in [1.29, 1.82) is 0 Å². The van der Waals surface area contributed by atoms with E-state index in [1.807, 2.05) is 0 Å². The van der Waals surface area contributed by atoms with Crippen LogP contribution in [-0.2, 0) is 15.4 Å². The van der Waals surface area contributed by atoms with Gasteiger partial charge in [0.2, 0.25) is 0 Å². The Hall–Kier alpha value is -0.130. The molecule has 14 heavy (non-hydrogen) atoms. The topological polar surface area (TPSA) is 69.4 Å². The summed E-state index contributed by atoms with van der Waals surface area (Å²) in [5, 5.41) is -0.749. The third-order valence-electron chi connectivity index (χ3n) is 1.97. The normalized spacial score (nSPS) is 13.4. The monoisotopic (exact) mass is 223 g/mol. The fraction of sp³-hybridized carbons (Fsp3) is 1.00. The van der Waals surface area contributed by atoms with Gasteiger partial charge < -0.3 is 10.5 Å².